The lowest BCUT2D eigenvalue weighted by atomic mass is 10.1. The van der Waals surface area contributed by atoms with E-state index in [-0.39, 0.29) is 12.0 Å². The van der Waals surface area contributed by atoms with Crippen molar-refractivity contribution < 1.29 is 13.5 Å². The van der Waals surface area contributed by atoms with Gasteiger partial charge in [0.05, 0.1) is 12.8 Å². The van der Waals surface area contributed by atoms with Crippen LogP contribution in [0, 0.1) is 5.82 Å². The Labute approximate surface area is 104 Å². The number of hydrogen-bond acceptors (Lipinski definition) is 2. The SMILES string of the molecule is CCOP(C)(=O)Cc1cc(CBr)ccc1F. The molecule has 1 aromatic rings. The highest BCUT2D eigenvalue weighted by atomic mass is 79.9. The number of rotatable bonds is 5. The number of halogens is 2. The van der Waals surface area contributed by atoms with Gasteiger partial charge in [-0.25, -0.2) is 4.39 Å². The van der Waals surface area contributed by atoms with E-state index in [1.54, 1.807) is 19.1 Å². The molecule has 90 valence electrons. The molecule has 1 unspecified atom stereocenters. The van der Waals surface area contributed by atoms with Gasteiger partial charge in [-0.3, -0.25) is 4.57 Å². The molecule has 0 spiro atoms. The van der Waals surface area contributed by atoms with Crippen molar-refractivity contribution in [3.63, 3.8) is 0 Å². The van der Waals surface area contributed by atoms with Gasteiger partial charge in [-0.15, -0.1) is 0 Å². The molecule has 0 radical (unpaired) electrons. The Morgan fingerprint density at radius 3 is 2.75 bits per heavy atom. The van der Waals surface area contributed by atoms with Gasteiger partial charge < -0.3 is 4.52 Å². The van der Waals surface area contributed by atoms with Crippen molar-refractivity contribution in [3.8, 4) is 0 Å². The molecule has 1 rings (SSSR count). The summed E-state index contributed by atoms with van der Waals surface area (Å²) in [7, 11) is -2.73. The van der Waals surface area contributed by atoms with Gasteiger partial charge in [-0.2, -0.15) is 0 Å². The molecule has 0 saturated heterocycles. The first kappa shape index (κ1) is 13.9. The number of alkyl halides is 1. The van der Waals surface area contributed by atoms with Crippen LogP contribution in [0.4, 0.5) is 4.39 Å². The summed E-state index contributed by atoms with van der Waals surface area (Å²) in [5, 5.41) is 0.656. The van der Waals surface area contributed by atoms with Crippen molar-refractivity contribution in [2.45, 2.75) is 18.4 Å². The summed E-state index contributed by atoms with van der Waals surface area (Å²) < 4.78 is 30.6. The molecule has 0 aliphatic heterocycles. The monoisotopic (exact) mass is 308 g/mol. The molecule has 5 heteroatoms. The van der Waals surface area contributed by atoms with E-state index < -0.39 is 7.37 Å². The zero-order chi connectivity index (χ0) is 12.2. The van der Waals surface area contributed by atoms with Crippen LogP contribution in [-0.4, -0.2) is 13.3 Å². The molecule has 0 aromatic heterocycles. The fourth-order valence-electron chi connectivity index (χ4n) is 1.46. The van der Waals surface area contributed by atoms with Gasteiger partial charge in [-0.05, 0) is 24.1 Å². The van der Waals surface area contributed by atoms with E-state index in [9.17, 15) is 8.96 Å². The second kappa shape index (κ2) is 5.95. The topological polar surface area (TPSA) is 26.3 Å². The van der Waals surface area contributed by atoms with Crippen LogP contribution < -0.4 is 0 Å². The second-order valence-corrected chi connectivity index (χ2v) is 6.81. The average Bonchev–Trinajstić information content (AvgIpc) is 2.21. The van der Waals surface area contributed by atoms with Gasteiger partial charge in [0.25, 0.3) is 0 Å². The molecular weight excluding hydrogens is 294 g/mol. The largest absolute Gasteiger partial charge is 0.329 e. The standard InChI is InChI=1S/C11H15BrFO2P/c1-3-15-16(2,14)8-10-6-9(7-12)4-5-11(10)13/h4-6H,3,7-8H2,1-2H3. The third kappa shape index (κ3) is 4.00. The fourth-order valence-corrected chi connectivity index (χ4v) is 3.31. The van der Waals surface area contributed by atoms with Gasteiger partial charge in [-0.1, -0.05) is 28.1 Å². The summed E-state index contributed by atoms with van der Waals surface area (Å²) in [5.41, 5.74) is 1.42. The van der Waals surface area contributed by atoms with Gasteiger partial charge in [0.1, 0.15) is 5.82 Å². The smallest absolute Gasteiger partial charge is 0.204 e. The molecular formula is C11H15BrFO2P. The Kier molecular flexibility index (Phi) is 5.16. The second-order valence-electron chi connectivity index (χ2n) is 3.65. The van der Waals surface area contributed by atoms with Gasteiger partial charge in [0.2, 0.25) is 7.37 Å². The van der Waals surface area contributed by atoms with Crippen LogP contribution in [0.25, 0.3) is 0 Å². The summed E-state index contributed by atoms with van der Waals surface area (Å²) in [6.45, 7) is 3.70. The fraction of sp³-hybridized carbons (Fsp3) is 0.455. The van der Waals surface area contributed by atoms with Crippen molar-refractivity contribution in [1.29, 1.82) is 0 Å². The minimum Gasteiger partial charge on any atom is -0.329 e. The normalized spacial score (nSPS) is 14.8. The van der Waals surface area contributed by atoms with E-state index in [0.717, 1.165) is 5.56 Å². The van der Waals surface area contributed by atoms with Crippen LogP contribution in [0.3, 0.4) is 0 Å². The number of hydrogen-bond donors (Lipinski definition) is 0. The average molecular weight is 309 g/mol. The molecule has 0 heterocycles. The van der Waals surface area contributed by atoms with Gasteiger partial charge >= 0.3 is 0 Å². The molecule has 0 N–H and O–H groups in total. The van der Waals surface area contributed by atoms with E-state index in [2.05, 4.69) is 15.9 Å². The van der Waals surface area contributed by atoms with Crippen LogP contribution in [0.15, 0.2) is 18.2 Å². The molecule has 1 aromatic carbocycles. The third-order valence-corrected chi connectivity index (χ3v) is 4.49. The molecule has 2 nitrogen and oxygen atoms in total. The minimum absolute atomic E-state index is 0.146. The van der Waals surface area contributed by atoms with Crippen molar-refractivity contribution >= 4 is 23.3 Å². The third-order valence-electron chi connectivity index (χ3n) is 2.12. The Morgan fingerprint density at radius 1 is 1.50 bits per heavy atom. The maximum absolute atomic E-state index is 13.5. The Hall–Kier alpha value is -0.180. The van der Waals surface area contributed by atoms with Crippen molar-refractivity contribution in [2.75, 3.05) is 13.3 Å². The summed E-state index contributed by atoms with van der Waals surface area (Å²) >= 11 is 3.30. The minimum atomic E-state index is -2.73. The molecule has 0 bridgehead atoms. The predicted octanol–water partition coefficient (Wildman–Crippen LogP) is 4.17. The highest BCUT2D eigenvalue weighted by Gasteiger charge is 2.18. The maximum atomic E-state index is 13.5. The van der Waals surface area contributed by atoms with E-state index in [1.165, 1.54) is 12.7 Å². The maximum Gasteiger partial charge on any atom is 0.204 e. The predicted molar refractivity (Wildman–Crippen MR) is 67.9 cm³/mol. The first-order valence-electron chi connectivity index (χ1n) is 5.03. The zero-order valence-corrected chi connectivity index (χ0v) is 11.9. The molecule has 0 aliphatic carbocycles. The van der Waals surface area contributed by atoms with Crippen LogP contribution in [-0.2, 0) is 20.6 Å². The Morgan fingerprint density at radius 2 is 2.19 bits per heavy atom. The summed E-state index contributed by atoms with van der Waals surface area (Å²) in [4.78, 5) is 0. The molecule has 0 aliphatic rings. The van der Waals surface area contributed by atoms with E-state index in [1.807, 2.05) is 0 Å². The highest BCUT2D eigenvalue weighted by molar-refractivity contribution is 9.08. The van der Waals surface area contributed by atoms with Crippen LogP contribution in [0.5, 0.6) is 0 Å². The van der Waals surface area contributed by atoms with E-state index in [0.29, 0.717) is 17.5 Å². The summed E-state index contributed by atoms with van der Waals surface area (Å²) in [6, 6.07) is 4.83. The van der Waals surface area contributed by atoms with Crippen LogP contribution in [0.2, 0.25) is 0 Å². The van der Waals surface area contributed by atoms with E-state index >= 15 is 0 Å². The van der Waals surface area contributed by atoms with Crippen molar-refractivity contribution in [3.05, 3.63) is 35.1 Å². The molecule has 16 heavy (non-hydrogen) atoms. The van der Waals surface area contributed by atoms with Gasteiger partial charge in [0.15, 0.2) is 0 Å². The molecule has 0 saturated carbocycles. The summed E-state index contributed by atoms with van der Waals surface area (Å²) in [5.74, 6) is -0.327. The highest BCUT2D eigenvalue weighted by Crippen LogP contribution is 2.46. The lowest BCUT2D eigenvalue weighted by Gasteiger charge is -2.13. The van der Waals surface area contributed by atoms with Gasteiger partial charge in [0, 0.05) is 12.0 Å². The summed E-state index contributed by atoms with van der Waals surface area (Å²) in [6.07, 6.45) is 0.146. The first-order valence-corrected chi connectivity index (χ1v) is 8.40. The Balaban J connectivity index is 2.91. The zero-order valence-electron chi connectivity index (χ0n) is 9.37. The lowest BCUT2D eigenvalue weighted by molar-refractivity contribution is 0.336. The van der Waals surface area contributed by atoms with Crippen molar-refractivity contribution in [1.82, 2.24) is 0 Å². The molecule has 0 amide bonds. The van der Waals surface area contributed by atoms with Crippen LogP contribution in [0.1, 0.15) is 18.1 Å². The Bertz CT molecular complexity index is 409. The lowest BCUT2D eigenvalue weighted by Crippen LogP contribution is -1.96. The first-order chi connectivity index (χ1) is 7.48. The number of benzene rings is 1. The van der Waals surface area contributed by atoms with Crippen LogP contribution >= 0.6 is 23.3 Å². The van der Waals surface area contributed by atoms with Crippen molar-refractivity contribution in [2.24, 2.45) is 0 Å². The quantitative estimate of drug-likeness (QED) is 0.603. The van der Waals surface area contributed by atoms with E-state index in [4.69, 9.17) is 4.52 Å². The molecule has 1 atom stereocenters. The molecule has 0 fully saturated rings.